The summed E-state index contributed by atoms with van der Waals surface area (Å²) in [6, 6.07) is 0. The standard InChI is InChI=1S/C15H26F3N5O/c1-3-4-5-6-8-21-13(19)22-9-7-14(24,15(16,17)18)12-20-10-11-23(12)2/h10-11,24H,3-9H2,1-2H3,(H3,19,21,22). The van der Waals surface area contributed by atoms with Crippen LogP contribution in [0, 0.1) is 0 Å². The van der Waals surface area contributed by atoms with Crippen LogP contribution in [-0.2, 0) is 12.6 Å². The van der Waals surface area contributed by atoms with Gasteiger partial charge in [-0.3, -0.25) is 4.99 Å². The third-order valence-electron chi connectivity index (χ3n) is 3.75. The first-order valence-corrected chi connectivity index (χ1v) is 8.03. The summed E-state index contributed by atoms with van der Waals surface area (Å²) in [4.78, 5) is 7.69. The molecule has 1 atom stereocenters. The maximum Gasteiger partial charge on any atom is 0.424 e. The third-order valence-corrected chi connectivity index (χ3v) is 3.75. The lowest BCUT2D eigenvalue weighted by Crippen LogP contribution is -2.47. The van der Waals surface area contributed by atoms with Gasteiger partial charge < -0.3 is 20.7 Å². The lowest BCUT2D eigenvalue weighted by Gasteiger charge is -2.30. The van der Waals surface area contributed by atoms with Gasteiger partial charge in [0.25, 0.3) is 0 Å². The van der Waals surface area contributed by atoms with Crippen LogP contribution >= 0.6 is 0 Å². The average molecular weight is 349 g/mol. The fraction of sp³-hybridized carbons (Fsp3) is 0.733. The van der Waals surface area contributed by atoms with E-state index in [0.717, 1.165) is 30.3 Å². The monoisotopic (exact) mass is 349 g/mol. The van der Waals surface area contributed by atoms with E-state index in [-0.39, 0.29) is 12.5 Å². The molecule has 0 aliphatic heterocycles. The minimum Gasteiger partial charge on any atom is -0.374 e. The Hall–Kier alpha value is -1.77. The Kier molecular flexibility index (Phi) is 7.53. The van der Waals surface area contributed by atoms with Crippen molar-refractivity contribution in [3.8, 4) is 0 Å². The van der Waals surface area contributed by atoms with E-state index >= 15 is 0 Å². The minimum absolute atomic E-state index is 0.0795. The second-order valence-electron chi connectivity index (χ2n) is 5.72. The molecule has 0 aliphatic carbocycles. The van der Waals surface area contributed by atoms with Gasteiger partial charge in [0.15, 0.2) is 5.96 Å². The molecule has 0 spiro atoms. The van der Waals surface area contributed by atoms with Crippen LogP contribution in [-0.4, -0.2) is 39.9 Å². The predicted molar refractivity (Wildman–Crippen MR) is 86.4 cm³/mol. The van der Waals surface area contributed by atoms with E-state index in [4.69, 9.17) is 5.73 Å². The number of rotatable bonds is 9. The summed E-state index contributed by atoms with van der Waals surface area (Å²) in [5.74, 6) is -0.372. The number of alkyl halides is 3. The number of hydrogen-bond donors (Lipinski definition) is 3. The van der Waals surface area contributed by atoms with Gasteiger partial charge in [-0.05, 0) is 6.42 Å². The number of guanidine groups is 1. The topological polar surface area (TPSA) is 88.5 Å². The van der Waals surface area contributed by atoms with Crippen LogP contribution in [0.5, 0.6) is 0 Å². The highest BCUT2D eigenvalue weighted by atomic mass is 19.4. The number of hydrogen-bond acceptors (Lipinski definition) is 3. The van der Waals surface area contributed by atoms with E-state index in [0.29, 0.717) is 6.54 Å². The fourth-order valence-corrected chi connectivity index (χ4v) is 2.31. The molecule has 1 aromatic heterocycles. The van der Waals surface area contributed by atoms with Crippen LogP contribution in [0.2, 0.25) is 0 Å². The Morgan fingerprint density at radius 2 is 2.08 bits per heavy atom. The summed E-state index contributed by atoms with van der Waals surface area (Å²) in [6.07, 6.45) is 1.26. The molecule has 6 nitrogen and oxygen atoms in total. The first kappa shape index (κ1) is 20.3. The summed E-state index contributed by atoms with van der Waals surface area (Å²) >= 11 is 0. The second kappa shape index (κ2) is 8.91. The van der Waals surface area contributed by atoms with Crippen molar-refractivity contribution < 1.29 is 18.3 Å². The van der Waals surface area contributed by atoms with Crippen LogP contribution < -0.4 is 11.1 Å². The lowest BCUT2D eigenvalue weighted by molar-refractivity contribution is -0.272. The van der Waals surface area contributed by atoms with Gasteiger partial charge in [-0.25, -0.2) is 4.98 Å². The second-order valence-corrected chi connectivity index (χ2v) is 5.72. The van der Waals surface area contributed by atoms with Crippen LogP contribution in [0.3, 0.4) is 0 Å². The van der Waals surface area contributed by atoms with Crippen LogP contribution in [0.25, 0.3) is 0 Å². The molecule has 1 aromatic rings. The number of nitrogens with zero attached hydrogens (tertiary/aromatic N) is 3. The Bertz CT molecular complexity index is 529. The highest BCUT2D eigenvalue weighted by Crippen LogP contribution is 2.40. The summed E-state index contributed by atoms with van der Waals surface area (Å²) in [5, 5.41) is 12.8. The van der Waals surface area contributed by atoms with Crippen molar-refractivity contribution in [3.05, 3.63) is 18.2 Å². The van der Waals surface area contributed by atoms with Gasteiger partial charge in [0.2, 0.25) is 5.60 Å². The number of aliphatic hydroxyl groups is 1. The maximum atomic E-state index is 13.3. The SMILES string of the molecule is CCCCCCN=C(N)NCCC(O)(c1nccn1C)C(F)(F)F. The van der Waals surface area contributed by atoms with E-state index in [2.05, 4.69) is 22.2 Å². The van der Waals surface area contributed by atoms with Gasteiger partial charge in [-0.2, -0.15) is 13.2 Å². The highest BCUT2D eigenvalue weighted by Gasteiger charge is 2.57. The lowest BCUT2D eigenvalue weighted by atomic mass is 9.97. The molecule has 0 fully saturated rings. The zero-order valence-corrected chi connectivity index (χ0v) is 14.1. The molecule has 9 heteroatoms. The molecule has 0 saturated heterocycles. The van der Waals surface area contributed by atoms with Crippen molar-refractivity contribution in [1.29, 1.82) is 0 Å². The predicted octanol–water partition coefficient (Wildman–Crippen LogP) is 2.04. The molecular weight excluding hydrogens is 323 g/mol. The third kappa shape index (κ3) is 5.40. The molecule has 138 valence electrons. The molecule has 0 saturated carbocycles. The normalized spacial score (nSPS) is 15.3. The minimum atomic E-state index is -4.85. The largest absolute Gasteiger partial charge is 0.424 e. The number of aliphatic imine (C=N–C) groups is 1. The molecule has 0 aromatic carbocycles. The molecule has 0 bridgehead atoms. The number of nitrogens with two attached hydrogens (primary N) is 1. The van der Waals surface area contributed by atoms with E-state index < -0.39 is 24.0 Å². The maximum absolute atomic E-state index is 13.3. The zero-order valence-electron chi connectivity index (χ0n) is 14.1. The zero-order chi connectivity index (χ0) is 18.2. The Balaban J connectivity index is 2.58. The van der Waals surface area contributed by atoms with Crippen molar-refractivity contribution in [2.75, 3.05) is 13.1 Å². The van der Waals surface area contributed by atoms with Gasteiger partial charge in [-0.1, -0.05) is 26.2 Å². The number of aryl methyl sites for hydroxylation is 1. The molecule has 0 radical (unpaired) electrons. The van der Waals surface area contributed by atoms with Gasteiger partial charge >= 0.3 is 6.18 Å². The van der Waals surface area contributed by atoms with E-state index in [9.17, 15) is 18.3 Å². The van der Waals surface area contributed by atoms with Crippen LogP contribution in [0.4, 0.5) is 13.2 Å². The molecule has 0 aliphatic rings. The molecule has 1 rings (SSSR count). The van der Waals surface area contributed by atoms with E-state index in [1.807, 2.05) is 0 Å². The molecule has 24 heavy (non-hydrogen) atoms. The molecular formula is C15H26F3N5O. The van der Waals surface area contributed by atoms with Crippen molar-refractivity contribution >= 4 is 5.96 Å². The number of nitrogens with one attached hydrogen (secondary N) is 1. The Morgan fingerprint density at radius 3 is 2.62 bits per heavy atom. The number of aromatic nitrogens is 2. The molecule has 1 unspecified atom stereocenters. The van der Waals surface area contributed by atoms with Gasteiger partial charge in [0.1, 0.15) is 5.82 Å². The van der Waals surface area contributed by atoms with Crippen LogP contribution in [0.15, 0.2) is 17.4 Å². The molecule has 4 N–H and O–H groups in total. The van der Waals surface area contributed by atoms with Gasteiger partial charge in [0.05, 0.1) is 0 Å². The van der Waals surface area contributed by atoms with Gasteiger partial charge in [-0.15, -0.1) is 0 Å². The van der Waals surface area contributed by atoms with Crippen molar-refractivity contribution in [2.45, 2.75) is 50.8 Å². The van der Waals surface area contributed by atoms with Crippen molar-refractivity contribution in [2.24, 2.45) is 17.8 Å². The van der Waals surface area contributed by atoms with E-state index in [1.165, 1.54) is 19.4 Å². The van der Waals surface area contributed by atoms with Crippen molar-refractivity contribution in [3.63, 3.8) is 0 Å². The summed E-state index contributed by atoms with van der Waals surface area (Å²) in [5.41, 5.74) is 2.59. The number of halogens is 3. The summed E-state index contributed by atoms with van der Waals surface area (Å²) < 4.78 is 41.1. The molecule has 1 heterocycles. The first-order valence-electron chi connectivity index (χ1n) is 8.03. The number of imidazole rings is 1. The number of unbranched alkanes of at least 4 members (excludes halogenated alkanes) is 3. The fourth-order valence-electron chi connectivity index (χ4n) is 2.31. The van der Waals surface area contributed by atoms with Crippen molar-refractivity contribution in [1.82, 2.24) is 14.9 Å². The highest BCUT2D eigenvalue weighted by molar-refractivity contribution is 5.77. The smallest absolute Gasteiger partial charge is 0.374 e. The first-order chi connectivity index (χ1) is 11.2. The Labute approximate surface area is 140 Å². The van der Waals surface area contributed by atoms with E-state index in [1.54, 1.807) is 0 Å². The summed E-state index contributed by atoms with van der Waals surface area (Å²) in [7, 11) is 1.40. The Morgan fingerprint density at radius 1 is 1.38 bits per heavy atom. The van der Waals surface area contributed by atoms with Crippen LogP contribution in [0.1, 0.15) is 44.9 Å². The summed E-state index contributed by atoms with van der Waals surface area (Å²) in [6.45, 7) is 2.46. The van der Waals surface area contributed by atoms with Gasteiger partial charge in [0, 0.05) is 39.0 Å². The average Bonchev–Trinajstić information content (AvgIpc) is 2.92. The quantitative estimate of drug-likeness (QED) is 0.362. The molecule has 0 amide bonds.